The Kier molecular flexibility index (Phi) is 5.48. The van der Waals surface area contributed by atoms with Gasteiger partial charge in [0.05, 0.1) is 10.4 Å². The molecule has 0 unspecified atom stereocenters. The molecule has 4 aromatic rings. The topological polar surface area (TPSA) is 83.1 Å². The largest absolute Gasteiger partial charge is 0.321 e. The fraction of sp³-hybridized carbons (Fsp3) is 0.130. The molecule has 0 aliphatic heterocycles. The first-order valence-electron chi connectivity index (χ1n) is 9.51. The molecule has 1 N–H and O–H groups in total. The number of benzene rings is 2. The average Bonchev–Trinajstić information content (AvgIpc) is 2.76. The van der Waals surface area contributed by atoms with Gasteiger partial charge in [0.1, 0.15) is 0 Å². The van der Waals surface area contributed by atoms with Crippen LogP contribution in [0.5, 0.6) is 0 Å². The smallest absolute Gasteiger partial charge is 0.252 e. The van der Waals surface area contributed by atoms with Crippen molar-refractivity contribution in [3.63, 3.8) is 0 Å². The molecule has 0 aliphatic rings. The Bertz CT molecular complexity index is 1330. The van der Waals surface area contributed by atoms with Crippen LogP contribution in [0.4, 0.5) is 0 Å². The molecular formula is C23H21N3O3S. The van der Waals surface area contributed by atoms with Crippen molar-refractivity contribution in [1.82, 2.24) is 14.3 Å². The summed E-state index contributed by atoms with van der Waals surface area (Å²) in [6.45, 7) is 1.98. The third kappa shape index (κ3) is 4.03. The van der Waals surface area contributed by atoms with Gasteiger partial charge in [0.15, 0.2) is 0 Å². The van der Waals surface area contributed by atoms with Crippen LogP contribution in [-0.2, 0) is 23.1 Å². The van der Waals surface area contributed by atoms with Crippen molar-refractivity contribution < 1.29 is 8.42 Å². The predicted molar refractivity (Wildman–Crippen MR) is 116 cm³/mol. The normalized spacial score (nSPS) is 11.8. The molecule has 0 fully saturated rings. The summed E-state index contributed by atoms with van der Waals surface area (Å²) >= 11 is 0. The monoisotopic (exact) mass is 419 g/mol. The summed E-state index contributed by atoms with van der Waals surface area (Å²) in [6.07, 6.45) is 3.26. The quantitative estimate of drug-likeness (QED) is 0.517. The van der Waals surface area contributed by atoms with Crippen molar-refractivity contribution in [1.29, 1.82) is 0 Å². The van der Waals surface area contributed by atoms with Crippen LogP contribution in [0.3, 0.4) is 0 Å². The van der Waals surface area contributed by atoms with Crippen molar-refractivity contribution in [2.75, 3.05) is 0 Å². The Morgan fingerprint density at radius 2 is 1.77 bits per heavy atom. The van der Waals surface area contributed by atoms with Gasteiger partial charge in [-0.05, 0) is 47.7 Å². The van der Waals surface area contributed by atoms with Gasteiger partial charge in [-0.25, -0.2) is 8.42 Å². The minimum absolute atomic E-state index is 0.0503. The molecule has 0 spiro atoms. The molecule has 4 rings (SSSR count). The number of pyridine rings is 2. The van der Waals surface area contributed by atoms with Gasteiger partial charge >= 0.3 is 0 Å². The number of H-pyrrole nitrogens is 1. The second kappa shape index (κ2) is 8.22. The molecule has 6 nitrogen and oxygen atoms in total. The van der Waals surface area contributed by atoms with Gasteiger partial charge in [-0.15, -0.1) is 0 Å². The number of fused-ring (bicyclic) bond motifs is 1. The van der Waals surface area contributed by atoms with Crippen LogP contribution in [0.25, 0.3) is 10.9 Å². The fourth-order valence-electron chi connectivity index (χ4n) is 3.40. The van der Waals surface area contributed by atoms with E-state index in [-0.39, 0.29) is 23.5 Å². The van der Waals surface area contributed by atoms with Crippen LogP contribution in [0.15, 0.2) is 88.8 Å². The van der Waals surface area contributed by atoms with E-state index in [1.807, 2.05) is 31.2 Å². The van der Waals surface area contributed by atoms with E-state index in [9.17, 15) is 13.2 Å². The van der Waals surface area contributed by atoms with Crippen LogP contribution >= 0.6 is 0 Å². The molecule has 152 valence electrons. The van der Waals surface area contributed by atoms with Crippen molar-refractivity contribution >= 4 is 20.9 Å². The minimum atomic E-state index is -3.82. The molecule has 0 saturated heterocycles. The van der Waals surface area contributed by atoms with Crippen molar-refractivity contribution in [2.24, 2.45) is 0 Å². The molecule has 0 aliphatic carbocycles. The lowest BCUT2D eigenvalue weighted by Gasteiger charge is -2.22. The van der Waals surface area contributed by atoms with Crippen LogP contribution in [0.1, 0.15) is 16.7 Å². The van der Waals surface area contributed by atoms with Gasteiger partial charge in [-0.2, -0.15) is 4.31 Å². The van der Waals surface area contributed by atoms with E-state index in [1.54, 1.807) is 54.9 Å². The molecule has 30 heavy (non-hydrogen) atoms. The highest BCUT2D eigenvalue weighted by atomic mass is 32.2. The fourth-order valence-corrected chi connectivity index (χ4v) is 4.83. The Morgan fingerprint density at radius 1 is 0.967 bits per heavy atom. The SMILES string of the molecule is Cc1cccc2cc(CN(Cc3cccnc3)S(=O)(=O)c3ccccc3)c(=O)[nH]c12. The van der Waals surface area contributed by atoms with E-state index < -0.39 is 10.0 Å². The Morgan fingerprint density at radius 3 is 2.50 bits per heavy atom. The number of aromatic nitrogens is 2. The number of nitrogens with one attached hydrogen (secondary N) is 1. The van der Waals surface area contributed by atoms with Crippen LogP contribution in [0, 0.1) is 6.92 Å². The molecule has 7 heteroatoms. The average molecular weight is 420 g/mol. The van der Waals surface area contributed by atoms with Gasteiger partial charge in [-0.1, -0.05) is 42.5 Å². The summed E-state index contributed by atoms with van der Waals surface area (Å²) < 4.78 is 28.0. The number of sulfonamides is 1. The zero-order chi connectivity index (χ0) is 21.1. The van der Waals surface area contributed by atoms with Crippen molar-refractivity contribution in [2.45, 2.75) is 24.9 Å². The van der Waals surface area contributed by atoms with E-state index in [1.165, 1.54) is 4.31 Å². The number of para-hydroxylation sites is 1. The lowest BCUT2D eigenvalue weighted by atomic mass is 10.1. The molecule has 0 bridgehead atoms. The highest BCUT2D eigenvalue weighted by molar-refractivity contribution is 7.89. The molecular weight excluding hydrogens is 398 g/mol. The maximum absolute atomic E-state index is 13.4. The predicted octanol–water partition coefficient (Wildman–Crippen LogP) is 3.62. The number of hydrogen-bond acceptors (Lipinski definition) is 4. The zero-order valence-corrected chi connectivity index (χ0v) is 17.3. The van der Waals surface area contributed by atoms with Gasteiger partial charge in [-0.3, -0.25) is 9.78 Å². The highest BCUT2D eigenvalue weighted by Crippen LogP contribution is 2.22. The Labute approximate surface area is 174 Å². The molecule has 0 radical (unpaired) electrons. The minimum Gasteiger partial charge on any atom is -0.321 e. The number of hydrogen-bond donors (Lipinski definition) is 1. The summed E-state index contributed by atoms with van der Waals surface area (Å²) in [7, 11) is -3.82. The first kappa shape index (κ1) is 20.0. The Hall–Kier alpha value is -3.29. The third-order valence-electron chi connectivity index (χ3n) is 4.97. The maximum Gasteiger partial charge on any atom is 0.252 e. The first-order chi connectivity index (χ1) is 14.4. The number of rotatable bonds is 6. The molecule has 2 heterocycles. The Balaban J connectivity index is 1.78. The van der Waals surface area contributed by atoms with Gasteiger partial charge in [0.2, 0.25) is 10.0 Å². The molecule has 0 atom stereocenters. The van der Waals surface area contributed by atoms with Crippen molar-refractivity contribution in [3.8, 4) is 0 Å². The van der Waals surface area contributed by atoms with E-state index >= 15 is 0 Å². The molecule has 0 saturated carbocycles. The maximum atomic E-state index is 13.4. The lowest BCUT2D eigenvalue weighted by Crippen LogP contribution is -2.32. The number of aryl methyl sites for hydroxylation is 1. The second-order valence-electron chi connectivity index (χ2n) is 7.11. The number of aromatic amines is 1. The second-order valence-corrected chi connectivity index (χ2v) is 9.05. The highest BCUT2D eigenvalue weighted by Gasteiger charge is 2.26. The van der Waals surface area contributed by atoms with Crippen molar-refractivity contribution in [3.05, 3.63) is 106 Å². The van der Waals surface area contributed by atoms with Crippen LogP contribution in [0.2, 0.25) is 0 Å². The van der Waals surface area contributed by atoms with Gasteiger partial charge < -0.3 is 4.98 Å². The van der Waals surface area contributed by atoms with E-state index in [0.29, 0.717) is 5.56 Å². The van der Waals surface area contributed by atoms with Gasteiger partial charge in [0, 0.05) is 31.0 Å². The summed E-state index contributed by atoms with van der Waals surface area (Å²) in [5.74, 6) is 0. The summed E-state index contributed by atoms with van der Waals surface area (Å²) in [4.78, 5) is 19.9. The summed E-state index contributed by atoms with van der Waals surface area (Å²) in [5, 5.41) is 0.864. The molecule has 0 amide bonds. The molecule has 2 aromatic heterocycles. The summed E-state index contributed by atoms with van der Waals surface area (Å²) in [5.41, 5.74) is 2.55. The van der Waals surface area contributed by atoms with E-state index in [2.05, 4.69) is 9.97 Å². The third-order valence-corrected chi connectivity index (χ3v) is 6.78. The van der Waals surface area contributed by atoms with E-state index in [4.69, 9.17) is 0 Å². The van der Waals surface area contributed by atoms with Crippen LogP contribution < -0.4 is 5.56 Å². The van der Waals surface area contributed by atoms with Gasteiger partial charge in [0.25, 0.3) is 5.56 Å². The van der Waals surface area contributed by atoms with Crippen LogP contribution in [-0.4, -0.2) is 22.7 Å². The van der Waals surface area contributed by atoms with E-state index in [0.717, 1.165) is 22.0 Å². The first-order valence-corrected chi connectivity index (χ1v) is 10.9. The zero-order valence-electron chi connectivity index (χ0n) is 16.4. The standard InChI is InChI=1S/C23H21N3O3S/c1-17-7-5-9-19-13-20(23(27)25-22(17)19)16-26(15-18-8-6-12-24-14-18)30(28,29)21-10-3-2-4-11-21/h2-14H,15-16H2,1H3,(H,25,27). The number of nitrogens with zero attached hydrogens (tertiary/aromatic N) is 2. The lowest BCUT2D eigenvalue weighted by molar-refractivity contribution is 0.399. The molecule has 2 aromatic carbocycles. The summed E-state index contributed by atoms with van der Waals surface area (Å²) in [6, 6.07) is 19.3.